The lowest BCUT2D eigenvalue weighted by Crippen LogP contribution is -2.27. The van der Waals surface area contributed by atoms with Gasteiger partial charge in [0.1, 0.15) is 5.60 Å². The first-order chi connectivity index (χ1) is 13.0. The molecule has 6 nitrogen and oxygen atoms in total. The molecule has 0 saturated heterocycles. The minimum Gasteiger partial charge on any atom is -0.457 e. The van der Waals surface area contributed by atoms with Crippen LogP contribution in [0, 0.1) is 20.8 Å². The number of carbonyl (C=O) groups excluding carboxylic acids is 2. The highest BCUT2D eigenvalue weighted by molar-refractivity contribution is 5.88. The van der Waals surface area contributed by atoms with Crippen molar-refractivity contribution in [3.8, 4) is 0 Å². The summed E-state index contributed by atoms with van der Waals surface area (Å²) in [4.78, 5) is 23.5. The van der Waals surface area contributed by atoms with E-state index in [2.05, 4.69) is 36.3 Å². The van der Waals surface area contributed by atoms with Gasteiger partial charge in [-0.3, -0.25) is 4.68 Å². The zero-order valence-corrected chi connectivity index (χ0v) is 17.4. The monoisotopic (exact) mass is 384 g/mol. The lowest BCUT2D eigenvalue weighted by Gasteiger charge is -2.19. The fourth-order valence-corrected chi connectivity index (χ4v) is 2.67. The zero-order chi connectivity index (χ0) is 20.9. The molecule has 0 N–H and O–H groups in total. The molecule has 0 unspecified atom stereocenters. The first kappa shape index (κ1) is 21.4. The molecule has 6 heteroatoms. The van der Waals surface area contributed by atoms with Crippen LogP contribution in [0.15, 0.2) is 30.3 Å². The van der Waals surface area contributed by atoms with Crippen LogP contribution in [0.4, 0.5) is 0 Å². The second-order valence-electron chi connectivity index (χ2n) is 7.76. The molecule has 1 heterocycles. The maximum Gasteiger partial charge on any atom is 0.344 e. The molecule has 0 amide bonds. The van der Waals surface area contributed by atoms with Gasteiger partial charge in [0.05, 0.1) is 12.2 Å². The average molecular weight is 384 g/mol. The van der Waals surface area contributed by atoms with E-state index in [1.807, 2.05) is 18.5 Å². The van der Waals surface area contributed by atoms with Crippen molar-refractivity contribution in [3.05, 3.63) is 58.4 Å². The van der Waals surface area contributed by atoms with Crippen molar-refractivity contribution < 1.29 is 19.1 Å². The Morgan fingerprint density at radius 3 is 2.36 bits per heavy atom. The van der Waals surface area contributed by atoms with Gasteiger partial charge < -0.3 is 9.47 Å². The quantitative estimate of drug-likeness (QED) is 0.560. The van der Waals surface area contributed by atoms with Crippen molar-refractivity contribution in [1.82, 2.24) is 9.78 Å². The molecule has 1 aromatic carbocycles. The van der Waals surface area contributed by atoms with E-state index in [1.54, 1.807) is 26.8 Å². The summed E-state index contributed by atoms with van der Waals surface area (Å²) in [7, 11) is 0. The molecule has 2 aromatic rings. The highest BCUT2D eigenvalue weighted by Gasteiger charge is 2.17. The summed E-state index contributed by atoms with van der Waals surface area (Å²) in [6.45, 7) is 11.4. The summed E-state index contributed by atoms with van der Waals surface area (Å²) in [5.74, 6) is -1.18. The average Bonchev–Trinajstić information content (AvgIpc) is 2.85. The van der Waals surface area contributed by atoms with Crippen molar-refractivity contribution >= 4 is 18.0 Å². The molecule has 0 aliphatic rings. The number of benzene rings is 1. The van der Waals surface area contributed by atoms with Gasteiger partial charge in [-0.1, -0.05) is 29.8 Å². The highest BCUT2D eigenvalue weighted by atomic mass is 16.6. The van der Waals surface area contributed by atoms with Crippen LogP contribution in [0.25, 0.3) is 6.08 Å². The summed E-state index contributed by atoms with van der Waals surface area (Å²) in [5.41, 5.74) is 4.39. The molecule has 0 saturated carbocycles. The molecular formula is C22H28N2O4. The van der Waals surface area contributed by atoms with Crippen molar-refractivity contribution in [3.63, 3.8) is 0 Å². The van der Waals surface area contributed by atoms with Crippen LogP contribution in [0.1, 0.15) is 48.8 Å². The van der Waals surface area contributed by atoms with E-state index >= 15 is 0 Å². The topological polar surface area (TPSA) is 70.4 Å². The molecule has 0 bridgehead atoms. The van der Waals surface area contributed by atoms with Crippen LogP contribution < -0.4 is 0 Å². The van der Waals surface area contributed by atoms with Gasteiger partial charge in [-0.2, -0.15) is 5.10 Å². The van der Waals surface area contributed by atoms with Crippen LogP contribution in [-0.2, 0) is 25.6 Å². The minimum atomic E-state index is -0.612. The Kier molecular flexibility index (Phi) is 6.78. The Bertz CT molecular complexity index is 871. The molecule has 150 valence electrons. The Morgan fingerprint density at radius 2 is 1.75 bits per heavy atom. The third-order valence-electron chi connectivity index (χ3n) is 4.03. The molecule has 2 rings (SSSR count). The number of aryl methyl sites for hydroxylation is 2. The van der Waals surface area contributed by atoms with Gasteiger partial charge in [-0.05, 0) is 53.2 Å². The van der Waals surface area contributed by atoms with E-state index in [1.165, 1.54) is 11.6 Å². The lowest BCUT2D eigenvalue weighted by molar-refractivity contribution is -0.164. The third kappa shape index (κ3) is 6.37. The van der Waals surface area contributed by atoms with Gasteiger partial charge in [-0.25, -0.2) is 9.59 Å². The van der Waals surface area contributed by atoms with Gasteiger partial charge in [0.2, 0.25) is 0 Å². The van der Waals surface area contributed by atoms with Crippen LogP contribution in [0.5, 0.6) is 0 Å². The molecule has 0 atom stereocenters. The summed E-state index contributed by atoms with van der Waals surface area (Å²) < 4.78 is 11.9. The predicted molar refractivity (Wildman–Crippen MR) is 108 cm³/mol. The van der Waals surface area contributed by atoms with Crippen molar-refractivity contribution in [2.24, 2.45) is 0 Å². The van der Waals surface area contributed by atoms with Gasteiger partial charge in [0.15, 0.2) is 6.61 Å². The number of rotatable bonds is 6. The van der Waals surface area contributed by atoms with Gasteiger partial charge in [0, 0.05) is 17.3 Å². The number of nitrogens with zero attached hydrogens (tertiary/aromatic N) is 2. The van der Waals surface area contributed by atoms with Gasteiger partial charge in [0.25, 0.3) is 0 Å². The molecular weight excluding hydrogens is 356 g/mol. The maximum atomic E-state index is 11.9. The van der Waals surface area contributed by atoms with E-state index in [0.717, 1.165) is 22.5 Å². The first-order valence-corrected chi connectivity index (χ1v) is 9.21. The Labute approximate surface area is 166 Å². The maximum absolute atomic E-state index is 11.9. The van der Waals surface area contributed by atoms with Gasteiger partial charge in [-0.15, -0.1) is 0 Å². The van der Waals surface area contributed by atoms with E-state index in [4.69, 9.17) is 9.47 Å². The third-order valence-corrected chi connectivity index (χ3v) is 4.03. The summed E-state index contributed by atoms with van der Waals surface area (Å²) in [6.07, 6.45) is 2.97. The number of ether oxygens (including phenoxy) is 2. The normalized spacial score (nSPS) is 11.6. The Hall–Kier alpha value is -2.89. The predicted octanol–water partition coefficient (Wildman–Crippen LogP) is 3.75. The molecule has 0 aliphatic carbocycles. The summed E-state index contributed by atoms with van der Waals surface area (Å²) in [6, 6.07) is 8.30. The lowest BCUT2D eigenvalue weighted by atomic mass is 10.1. The number of carbonyl (C=O) groups is 2. The summed E-state index contributed by atoms with van der Waals surface area (Å²) >= 11 is 0. The van der Waals surface area contributed by atoms with Crippen LogP contribution in [0.3, 0.4) is 0 Å². The fraction of sp³-hybridized carbons (Fsp3) is 0.409. The smallest absolute Gasteiger partial charge is 0.344 e. The van der Waals surface area contributed by atoms with E-state index in [0.29, 0.717) is 6.54 Å². The van der Waals surface area contributed by atoms with Crippen molar-refractivity contribution in [2.75, 3.05) is 6.61 Å². The number of hydrogen-bond donors (Lipinski definition) is 0. The van der Waals surface area contributed by atoms with Crippen LogP contribution in [0.2, 0.25) is 0 Å². The minimum absolute atomic E-state index is 0.412. The SMILES string of the molecule is Cc1ccc(Cn2nc(C)c(/C=C/C(=O)OCC(=O)OC(C)(C)C)c2C)cc1. The second-order valence-corrected chi connectivity index (χ2v) is 7.76. The highest BCUT2D eigenvalue weighted by Crippen LogP contribution is 2.17. The van der Waals surface area contributed by atoms with E-state index in [9.17, 15) is 9.59 Å². The van der Waals surface area contributed by atoms with Crippen molar-refractivity contribution in [1.29, 1.82) is 0 Å². The first-order valence-electron chi connectivity index (χ1n) is 9.21. The largest absolute Gasteiger partial charge is 0.457 e. The second kappa shape index (κ2) is 8.87. The van der Waals surface area contributed by atoms with E-state index in [-0.39, 0.29) is 0 Å². The van der Waals surface area contributed by atoms with Crippen LogP contribution in [-0.4, -0.2) is 33.9 Å². The number of aromatic nitrogens is 2. The number of esters is 2. The molecule has 1 aromatic heterocycles. The molecule has 0 aliphatic heterocycles. The molecule has 28 heavy (non-hydrogen) atoms. The molecule has 0 fully saturated rings. The molecule has 0 radical (unpaired) electrons. The zero-order valence-electron chi connectivity index (χ0n) is 17.4. The standard InChI is InChI=1S/C22H28N2O4/c1-15-7-9-18(10-8-15)13-24-17(3)19(16(2)23-24)11-12-20(25)27-14-21(26)28-22(4,5)6/h7-12H,13-14H2,1-6H3/b12-11+. The molecule has 0 spiro atoms. The number of hydrogen-bond acceptors (Lipinski definition) is 5. The fourth-order valence-electron chi connectivity index (χ4n) is 2.67. The Morgan fingerprint density at radius 1 is 1.11 bits per heavy atom. The van der Waals surface area contributed by atoms with E-state index < -0.39 is 24.1 Å². The van der Waals surface area contributed by atoms with Crippen LogP contribution >= 0.6 is 0 Å². The summed E-state index contributed by atoms with van der Waals surface area (Å²) in [5, 5.41) is 4.56. The van der Waals surface area contributed by atoms with Gasteiger partial charge >= 0.3 is 11.9 Å². The Balaban J connectivity index is 1.99. The van der Waals surface area contributed by atoms with Crippen molar-refractivity contribution in [2.45, 2.75) is 53.7 Å².